The molecule has 0 aliphatic rings. The van der Waals surface area contributed by atoms with Crippen LogP contribution in [-0.4, -0.2) is 27.2 Å². The van der Waals surface area contributed by atoms with Crippen LogP contribution in [0.5, 0.6) is 0 Å². The van der Waals surface area contributed by atoms with Crippen molar-refractivity contribution in [3.8, 4) is 0 Å². The average Bonchev–Trinajstić information content (AvgIpc) is 2.09. The summed E-state index contributed by atoms with van der Waals surface area (Å²) in [5.74, 6) is -1.03. The number of carbonyl (C=O) groups is 1. The highest BCUT2D eigenvalue weighted by atomic mass is 32.1. The van der Waals surface area contributed by atoms with E-state index in [1.165, 1.54) is 10.8 Å². The Balaban J connectivity index is 2.99. The first kappa shape index (κ1) is 10.5. The Hall–Kier alpha value is -1.63. The van der Waals surface area contributed by atoms with Crippen molar-refractivity contribution in [3.63, 3.8) is 0 Å². The zero-order valence-corrected chi connectivity index (χ0v) is 8.22. The minimum atomic E-state index is -1.03. The molecular formula is C7H9N3O3S. The topological polar surface area (TPSA) is 87.1 Å². The van der Waals surface area contributed by atoms with Crippen LogP contribution in [0.3, 0.4) is 0 Å². The number of aliphatic carboxylic acids is 1. The maximum absolute atomic E-state index is 11.2. The van der Waals surface area contributed by atoms with Crippen LogP contribution in [0.4, 0.5) is 5.69 Å². The largest absolute Gasteiger partial charge is 0.480 e. The normalized spacial score (nSPS) is 9.79. The zero-order chi connectivity index (χ0) is 10.7. The van der Waals surface area contributed by atoms with Gasteiger partial charge in [0.1, 0.15) is 12.2 Å². The van der Waals surface area contributed by atoms with Crippen LogP contribution >= 0.6 is 12.2 Å². The number of nitrogens with zero attached hydrogens (tertiary/aromatic N) is 1. The minimum absolute atomic E-state index is 0.184. The van der Waals surface area contributed by atoms with Gasteiger partial charge in [0.25, 0.3) is 5.56 Å². The molecule has 14 heavy (non-hydrogen) atoms. The van der Waals surface area contributed by atoms with Crippen molar-refractivity contribution in [1.82, 2.24) is 9.55 Å². The third-order valence-electron chi connectivity index (χ3n) is 1.54. The average molecular weight is 215 g/mol. The van der Waals surface area contributed by atoms with E-state index in [4.69, 9.17) is 17.3 Å². The lowest BCUT2D eigenvalue weighted by atomic mass is 10.5. The fourth-order valence-corrected chi connectivity index (χ4v) is 1.01. The van der Waals surface area contributed by atoms with Gasteiger partial charge in [0.2, 0.25) is 0 Å². The number of nitrogens with one attached hydrogen (secondary N) is 2. The van der Waals surface area contributed by atoms with Crippen LogP contribution in [0.25, 0.3) is 0 Å². The van der Waals surface area contributed by atoms with Crippen LogP contribution in [0.2, 0.25) is 0 Å². The molecule has 0 atom stereocenters. The van der Waals surface area contributed by atoms with E-state index < -0.39 is 11.5 Å². The number of carboxylic acids is 1. The second-order valence-corrected chi connectivity index (χ2v) is 3.05. The van der Waals surface area contributed by atoms with Gasteiger partial charge in [-0.2, -0.15) is 0 Å². The monoisotopic (exact) mass is 215 g/mol. The highest BCUT2D eigenvalue weighted by Gasteiger charge is 2.02. The Morgan fingerprint density at radius 3 is 3.00 bits per heavy atom. The number of aryl methyl sites for hydroxylation is 1. The Morgan fingerprint density at radius 2 is 2.43 bits per heavy atom. The molecule has 1 aromatic rings. The minimum Gasteiger partial charge on any atom is -0.480 e. The van der Waals surface area contributed by atoms with E-state index in [9.17, 15) is 9.59 Å². The first-order chi connectivity index (χ1) is 6.50. The van der Waals surface area contributed by atoms with E-state index in [0.717, 1.165) is 0 Å². The van der Waals surface area contributed by atoms with Crippen molar-refractivity contribution in [1.29, 1.82) is 0 Å². The van der Waals surface area contributed by atoms with Gasteiger partial charge in [0.15, 0.2) is 4.77 Å². The third-order valence-corrected chi connectivity index (χ3v) is 1.93. The Bertz CT molecular complexity index is 462. The predicted molar refractivity (Wildman–Crippen MR) is 53.0 cm³/mol. The van der Waals surface area contributed by atoms with Crippen LogP contribution in [0.15, 0.2) is 11.0 Å². The Labute approximate surface area is 84.2 Å². The summed E-state index contributed by atoms with van der Waals surface area (Å²) in [7, 11) is 1.66. The standard InChI is InChI=1S/C7H9N3O3S/c1-10-3-4(8-2-5(11)12)6(13)9-7(10)14/h3,8H,2H2,1H3,(H,11,12)(H,9,13,14). The quantitative estimate of drug-likeness (QED) is 0.615. The van der Waals surface area contributed by atoms with E-state index in [0.29, 0.717) is 0 Å². The van der Waals surface area contributed by atoms with Gasteiger partial charge >= 0.3 is 5.97 Å². The van der Waals surface area contributed by atoms with Gasteiger partial charge in [-0.15, -0.1) is 0 Å². The molecule has 76 valence electrons. The molecule has 1 aromatic heterocycles. The van der Waals surface area contributed by atoms with E-state index >= 15 is 0 Å². The molecule has 1 rings (SSSR count). The molecule has 0 amide bonds. The SMILES string of the molecule is Cn1cc(NCC(=O)O)c(=O)[nH]c1=S. The molecule has 3 N–H and O–H groups in total. The fourth-order valence-electron chi connectivity index (χ4n) is 0.860. The smallest absolute Gasteiger partial charge is 0.322 e. The second-order valence-electron chi connectivity index (χ2n) is 2.66. The number of rotatable bonds is 3. The molecule has 0 spiro atoms. The molecule has 0 unspecified atom stereocenters. The summed E-state index contributed by atoms with van der Waals surface area (Å²) < 4.78 is 1.80. The predicted octanol–water partition coefficient (Wildman–Crippen LogP) is -0.0606. The van der Waals surface area contributed by atoms with Crippen LogP contribution in [0.1, 0.15) is 0 Å². The van der Waals surface area contributed by atoms with Crippen molar-refractivity contribution < 1.29 is 9.90 Å². The molecule has 1 heterocycles. The molecule has 0 fully saturated rings. The first-order valence-corrected chi connectivity index (χ1v) is 4.17. The lowest BCUT2D eigenvalue weighted by molar-refractivity contribution is -0.134. The van der Waals surface area contributed by atoms with Gasteiger partial charge in [-0.1, -0.05) is 0 Å². The van der Waals surface area contributed by atoms with E-state index in [2.05, 4.69) is 10.3 Å². The first-order valence-electron chi connectivity index (χ1n) is 3.76. The van der Waals surface area contributed by atoms with Crippen LogP contribution in [-0.2, 0) is 11.8 Å². The zero-order valence-electron chi connectivity index (χ0n) is 7.40. The van der Waals surface area contributed by atoms with Crippen molar-refractivity contribution in [2.75, 3.05) is 11.9 Å². The van der Waals surface area contributed by atoms with Gasteiger partial charge in [0, 0.05) is 13.2 Å². The summed E-state index contributed by atoms with van der Waals surface area (Å²) in [6, 6.07) is 0. The molecule has 0 saturated heterocycles. The van der Waals surface area contributed by atoms with Gasteiger partial charge < -0.3 is 15.0 Å². The summed E-state index contributed by atoms with van der Waals surface area (Å²) in [4.78, 5) is 23.8. The third kappa shape index (κ3) is 2.43. The summed E-state index contributed by atoms with van der Waals surface area (Å²) >= 11 is 4.80. The summed E-state index contributed by atoms with van der Waals surface area (Å²) in [5, 5.41) is 10.9. The molecule has 7 heteroatoms. The molecule has 6 nitrogen and oxygen atoms in total. The number of H-pyrrole nitrogens is 1. The van der Waals surface area contributed by atoms with Crippen LogP contribution in [0, 0.1) is 4.77 Å². The molecular weight excluding hydrogens is 206 g/mol. The fraction of sp³-hybridized carbons (Fsp3) is 0.286. The number of carboxylic acid groups (broad SMARTS) is 1. The highest BCUT2D eigenvalue weighted by molar-refractivity contribution is 7.71. The van der Waals surface area contributed by atoms with Crippen molar-refractivity contribution in [2.24, 2.45) is 7.05 Å². The summed E-state index contributed by atoms with van der Waals surface area (Å²) in [6.07, 6.45) is 1.45. The van der Waals surface area contributed by atoms with Crippen LogP contribution < -0.4 is 10.9 Å². The maximum atomic E-state index is 11.2. The summed E-state index contributed by atoms with van der Waals surface area (Å²) in [6.45, 7) is -0.306. The van der Waals surface area contributed by atoms with Gasteiger partial charge in [0.05, 0.1) is 0 Å². The van der Waals surface area contributed by atoms with Crippen molar-refractivity contribution in [2.45, 2.75) is 0 Å². The second kappa shape index (κ2) is 4.05. The molecule has 0 radical (unpaired) electrons. The Morgan fingerprint density at radius 1 is 1.79 bits per heavy atom. The van der Waals surface area contributed by atoms with Gasteiger partial charge in [-0.25, -0.2) is 0 Å². The van der Waals surface area contributed by atoms with Crippen molar-refractivity contribution in [3.05, 3.63) is 21.3 Å². The Kier molecular flexibility index (Phi) is 3.03. The lowest BCUT2D eigenvalue weighted by Gasteiger charge is -2.04. The molecule has 0 saturated carbocycles. The maximum Gasteiger partial charge on any atom is 0.322 e. The molecule has 0 bridgehead atoms. The van der Waals surface area contributed by atoms with E-state index in [1.54, 1.807) is 7.05 Å². The highest BCUT2D eigenvalue weighted by Crippen LogP contribution is 1.95. The van der Waals surface area contributed by atoms with Gasteiger partial charge in [-0.3, -0.25) is 14.6 Å². The lowest BCUT2D eigenvalue weighted by Crippen LogP contribution is -2.21. The number of aromatic amines is 1. The number of anilines is 1. The number of hydrogen-bond donors (Lipinski definition) is 3. The van der Waals surface area contributed by atoms with Crippen molar-refractivity contribution >= 4 is 23.9 Å². The number of aromatic nitrogens is 2. The molecule has 0 aliphatic heterocycles. The van der Waals surface area contributed by atoms with E-state index in [-0.39, 0.29) is 17.0 Å². The summed E-state index contributed by atoms with van der Waals surface area (Å²) in [5.41, 5.74) is -0.238. The number of hydrogen-bond acceptors (Lipinski definition) is 4. The van der Waals surface area contributed by atoms with E-state index in [1.807, 2.05) is 0 Å². The molecule has 0 aliphatic carbocycles. The van der Waals surface area contributed by atoms with Gasteiger partial charge in [-0.05, 0) is 12.2 Å². The molecule has 0 aromatic carbocycles.